The van der Waals surface area contributed by atoms with E-state index in [1.54, 1.807) is 42.4 Å². The minimum atomic E-state index is -4.56. The number of pyridine rings is 1. The second-order valence-corrected chi connectivity index (χ2v) is 12.2. The molecule has 0 bridgehead atoms. The van der Waals surface area contributed by atoms with E-state index in [-0.39, 0.29) is 23.4 Å². The van der Waals surface area contributed by atoms with Crippen molar-refractivity contribution in [3.63, 3.8) is 0 Å². The van der Waals surface area contributed by atoms with Crippen LogP contribution in [0, 0.1) is 18.8 Å². The fourth-order valence-corrected chi connectivity index (χ4v) is 5.88. The van der Waals surface area contributed by atoms with Gasteiger partial charge in [0.05, 0.1) is 42.5 Å². The van der Waals surface area contributed by atoms with Crippen LogP contribution < -0.4 is 10.6 Å². The first-order chi connectivity index (χ1) is 24.1. The summed E-state index contributed by atoms with van der Waals surface area (Å²) in [5, 5.41) is 10.3. The zero-order valence-electron chi connectivity index (χ0n) is 28.2. The molecule has 3 aromatic heterocycles. The van der Waals surface area contributed by atoms with Gasteiger partial charge in [0.2, 0.25) is 0 Å². The summed E-state index contributed by atoms with van der Waals surface area (Å²) in [4.78, 5) is 22.1. The Morgan fingerprint density at radius 1 is 1.00 bits per heavy atom. The highest BCUT2D eigenvalue weighted by molar-refractivity contribution is 6.04. The molecule has 5 aromatic rings. The Labute approximate surface area is 288 Å². The number of alkyl halides is 3. The molecule has 13 heteroatoms. The smallest absolute Gasteiger partial charge is 0.383 e. The lowest BCUT2D eigenvalue weighted by Crippen LogP contribution is -2.45. The average molecular weight is 685 g/mol. The predicted octanol–water partition coefficient (Wildman–Crippen LogP) is 6.04. The number of imidazole rings is 1. The predicted molar refractivity (Wildman–Crippen MR) is 187 cm³/mol. The Kier molecular flexibility index (Phi) is 10.5. The lowest BCUT2D eigenvalue weighted by atomic mass is 10.0. The van der Waals surface area contributed by atoms with Gasteiger partial charge in [-0.3, -0.25) is 18.8 Å². The number of anilines is 3. The van der Waals surface area contributed by atoms with Crippen molar-refractivity contribution < 1.29 is 22.7 Å². The molecule has 260 valence electrons. The number of nitrogens with one attached hydrogen (secondary N) is 2. The number of methoxy groups -OCH3 is 1. The third-order valence-electron chi connectivity index (χ3n) is 8.78. The number of piperazine rings is 1. The Balaban J connectivity index is 1.17. The van der Waals surface area contributed by atoms with E-state index in [1.165, 1.54) is 12.1 Å². The molecule has 4 heterocycles. The van der Waals surface area contributed by atoms with E-state index >= 15 is 0 Å². The first-order valence-electron chi connectivity index (χ1n) is 16.4. The van der Waals surface area contributed by atoms with Crippen LogP contribution in [0.25, 0.3) is 5.65 Å². The number of hydrogen-bond donors (Lipinski definition) is 2. The van der Waals surface area contributed by atoms with E-state index in [0.29, 0.717) is 43.1 Å². The highest BCUT2D eigenvalue weighted by atomic mass is 19.4. The molecule has 2 aromatic carbocycles. The number of likely N-dealkylation sites (N-methyl/N-ethyl adjacent to an activating group) is 1. The van der Waals surface area contributed by atoms with Crippen LogP contribution in [0.5, 0.6) is 0 Å². The summed E-state index contributed by atoms with van der Waals surface area (Å²) in [6.07, 6.45) is 2.60. The Hall–Kier alpha value is -5.16. The molecule has 0 atom stereocenters. The van der Waals surface area contributed by atoms with Crippen molar-refractivity contribution in [1.29, 1.82) is 0 Å². The van der Waals surface area contributed by atoms with Crippen molar-refractivity contribution >= 4 is 28.6 Å². The molecule has 50 heavy (non-hydrogen) atoms. The van der Waals surface area contributed by atoms with Crippen molar-refractivity contribution in [3.05, 3.63) is 107 Å². The number of nitrogens with zero attached hydrogens (tertiary/aromatic N) is 6. The Morgan fingerprint density at radius 2 is 1.80 bits per heavy atom. The maximum Gasteiger partial charge on any atom is 0.416 e. The number of carbonyl (C=O) groups excluding carboxylic acids is 1. The molecule has 0 spiro atoms. The molecule has 0 radical (unpaired) electrons. The summed E-state index contributed by atoms with van der Waals surface area (Å²) < 4.78 is 51.2. The number of fused-ring (bicyclic) bond motifs is 1. The van der Waals surface area contributed by atoms with Crippen molar-refractivity contribution in [1.82, 2.24) is 29.0 Å². The van der Waals surface area contributed by atoms with Gasteiger partial charge in [0.15, 0.2) is 5.65 Å². The lowest BCUT2D eigenvalue weighted by Gasteiger charge is -2.34. The zero-order valence-corrected chi connectivity index (χ0v) is 28.2. The van der Waals surface area contributed by atoms with Gasteiger partial charge < -0.3 is 20.3 Å². The molecule has 1 aliphatic rings. The van der Waals surface area contributed by atoms with Gasteiger partial charge in [-0.2, -0.15) is 18.3 Å². The quantitative estimate of drug-likeness (QED) is 0.174. The summed E-state index contributed by atoms with van der Waals surface area (Å²) >= 11 is 0. The number of benzene rings is 2. The topological polar surface area (TPSA) is 92.0 Å². The molecule has 1 fully saturated rings. The number of aryl methyl sites for hydroxylation is 1. The molecule has 6 rings (SSSR count). The van der Waals surface area contributed by atoms with Gasteiger partial charge in [0, 0.05) is 69.0 Å². The first-order valence-corrected chi connectivity index (χ1v) is 16.4. The van der Waals surface area contributed by atoms with Crippen molar-refractivity contribution in [3.8, 4) is 11.8 Å². The second kappa shape index (κ2) is 15.2. The van der Waals surface area contributed by atoms with Crippen LogP contribution in [0.4, 0.5) is 30.2 Å². The fraction of sp³-hybridized carbons (Fsp3) is 0.324. The first kappa shape index (κ1) is 34.7. The van der Waals surface area contributed by atoms with Gasteiger partial charge in [-0.25, -0.2) is 4.98 Å². The van der Waals surface area contributed by atoms with Crippen LogP contribution >= 0.6 is 0 Å². The monoisotopic (exact) mass is 684 g/mol. The number of aromatic nitrogens is 4. The van der Waals surface area contributed by atoms with Gasteiger partial charge in [-0.05, 0) is 66.9 Å². The molecule has 0 unspecified atom stereocenters. The van der Waals surface area contributed by atoms with Gasteiger partial charge in [-0.1, -0.05) is 25.0 Å². The van der Waals surface area contributed by atoms with Gasteiger partial charge in [0.1, 0.15) is 5.69 Å². The van der Waals surface area contributed by atoms with E-state index in [0.717, 1.165) is 42.6 Å². The van der Waals surface area contributed by atoms with E-state index in [1.807, 2.05) is 40.8 Å². The molecule has 2 N–H and O–H groups in total. The number of carbonyl (C=O) groups is 1. The number of rotatable bonds is 10. The van der Waals surface area contributed by atoms with Gasteiger partial charge >= 0.3 is 6.18 Å². The van der Waals surface area contributed by atoms with Crippen LogP contribution in [0.15, 0.2) is 73.3 Å². The summed E-state index contributed by atoms with van der Waals surface area (Å²) in [5.74, 6) is 5.78. The summed E-state index contributed by atoms with van der Waals surface area (Å²) in [5.41, 5.74) is 4.16. The highest BCUT2D eigenvalue weighted by Crippen LogP contribution is 2.35. The highest BCUT2D eigenvalue weighted by Gasteiger charge is 2.34. The van der Waals surface area contributed by atoms with Crippen LogP contribution in [-0.2, 0) is 24.0 Å². The summed E-state index contributed by atoms with van der Waals surface area (Å²) in [6.45, 7) is 9.36. The molecule has 10 nitrogen and oxygen atoms in total. The second-order valence-electron chi connectivity index (χ2n) is 12.2. The van der Waals surface area contributed by atoms with E-state index in [9.17, 15) is 18.0 Å². The average Bonchev–Trinajstić information content (AvgIpc) is 3.74. The molecular formula is C37H39F3N8O2. The van der Waals surface area contributed by atoms with Crippen LogP contribution in [0.2, 0.25) is 0 Å². The van der Waals surface area contributed by atoms with E-state index in [2.05, 4.69) is 44.4 Å². The van der Waals surface area contributed by atoms with E-state index < -0.39 is 17.6 Å². The Morgan fingerprint density at radius 3 is 2.56 bits per heavy atom. The largest absolute Gasteiger partial charge is 0.416 e. The fourth-order valence-electron chi connectivity index (χ4n) is 5.88. The molecular weight excluding hydrogens is 645 g/mol. The lowest BCUT2D eigenvalue weighted by molar-refractivity contribution is -0.138. The molecule has 0 saturated carbocycles. The SMILES string of the molecule is CCN1CCN(Cc2ccc(NC(=O)c3ccc(C)c(C#Cc4cnc5c(Nc6cnn(CCOC)c6)cccn45)c3)cc2C(F)(F)F)CC1. The molecule has 1 aliphatic heterocycles. The number of ether oxygens (including phenoxy) is 1. The summed E-state index contributed by atoms with van der Waals surface area (Å²) in [7, 11) is 1.65. The molecule has 0 aliphatic carbocycles. The normalized spacial score (nSPS) is 14.0. The summed E-state index contributed by atoms with van der Waals surface area (Å²) in [6, 6.07) is 12.9. The number of halogens is 3. The van der Waals surface area contributed by atoms with Gasteiger partial charge in [-0.15, -0.1) is 0 Å². The Bertz CT molecular complexity index is 2030. The number of hydrogen-bond acceptors (Lipinski definition) is 7. The minimum Gasteiger partial charge on any atom is -0.383 e. The van der Waals surface area contributed by atoms with Gasteiger partial charge in [0.25, 0.3) is 5.91 Å². The maximum absolute atomic E-state index is 14.1. The third-order valence-corrected chi connectivity index (χ3v) is 8.78. The van der Waals surface area contributed by atoms with Crippen molar-refractivity contribution in [2.24, 2.45) is 0 Å². The zero-order chi connectivity index (χ0) is 35.3. The minimum absolute atomic E-state index is 0.0764. The standard InChI is InChI=1S/C37H39F3N8O2/c1-4-45-14-16-46(17-15-45)24-29-9-11-30(21-33(29)37(38,39)40)44-36(49)28-8-7-26(2)27(20-28)10-12-32-23-41-35-34(6-5-13-48(32)35)43-31-22-42-47(25-31)18-19-50-3/h5-9,11,13,20-23,25,43H,4,14-19,24H2,1-3H3,(H,44,49). The van der Waals surface area contributed by atoms with Crippen LogP contribution in [-0.4, -0.2) is 81.3 Å². The van der Waals surface area contributed by atoms with E-state index in [4.69, 9.17) is 4.74 Å². The van der Waals surface area contributed by atoms with Crippen LogP contribution in [0.3, 0.4) is 0 Å². The maximum atomic E-state index is 14.1. The number of amides is 1. The molecule has 1 amide bonds. The van der Waals surface area contributed by atoms with Crippen LogP contribution in [0.1, 0.15) is 45.2 Å². The third kappa shape index (κ3) is 8.16. The van der Waals surface area contributed by atoms with Crippen molar-refractivity contribution in [2.45, 2.75) is 33.1 Å². The van der Waals surface area contributed by atoms with Crippen molar-refractivity contribution in [2.75, 3.05) is 57.1 Å². The molecule has 1 saturated heterocycles.